The highest BCUT2D eigenvalue weighted by molar-refractivity contribution is 5.85. The Morgan fingerprint density at radius 2 is 2.00 bits per heavy atom. The van der Waals surface area contributed by atoms with Gasteiger partial charge in [0.2, 0.25) is 5.91 Å². The molecule has 1 unspecified atom stereocenters. The topological polar surface area (TPSA) is 62.1 Å². The summed E-state index contributed by atoms with van der Waals surface area (Å²) in [6.45, 7) is 2.58. The van der Waals surface area contributed by atoms with Crippen LogP contribution >= 0.6 is 0 Å². The zero-order valence-corrected chi connectivity index (χ0v) is 11.5. The molecule has 0 heterocycles. The molecule has 1 fully saturated rings. The molecule has 0 spiro atoms. The van der Waals surface area contributed by atoms with Gasteiger partial charge in [-0.1, -0.05) is 25.7 Å². The van der Waals surface area contributed by atoms with Crippen molar-refractivity contribution in [2.24, 2.45) is 5.41 Å². The normalized spacial score (nSPS) is 20.5. The van der Waals surface area contributed by atoms with Crippen LogP contribution < -0.4 is 5.32 Å². The Kier molecular flexibility index (Phi) is 6.14. The minimum atomic E-state index is -0.794. The summed E-state index contributed by atoms with van der Waals surface area (Å²) in [6.07, 6.45) is 6.41. The standard InChI is InChI=1S/C14H24N2O2/c1-12(7-10-18-2)16-13(17)14(11-15)8-5-3-4-6-9-14/h12H,3-10H2,1-2H3,(H,16,17). The van der Waals surface area contributed by atoms with Crippen LogP contribution in [0.15, 0.2) is 0 Å². The lowest BCUT2D eigenvalue weighted by Crippen LogP contribution is -2.44. The zero-order valence-electron chi connectivity index (χ0n) is 11.5. The second kappa shape index (κ2) is 7.38. The largest absolute Gasteiger partial charge is 0.385 e. The molecular formula is C14H24N2O2. The van der Waals surface area contributed by atoms with Gasteiger partial charge in [-0.2, -0.15) is 5.26 Å². The van der Waals surface area contributed by atoms with Gasteiger partial charge in [-0.3, -0.25) is 4.79 Å². The number of nitriles is 1. The quantitative estimate of drug-likeness (QED) is 0.764. The Bertz CT molecular complexity index is 301. The van der Waals surface area contributed by atoms with Crippen LogP contribution in [0.2, 0.25) is 0 Å². The Morgan fingerprint density at radius 3 is 2.50 bits per heavy atom. The molecule has 1 atom stereocenters. The zero-order chi connectivity index (χ0) is 13.4. The molecule has 0 aromatic rings. The van der Waals surface area contributed by atoms with E-state index in [4.69, 9.17) is 4.74 Å². The van der Waals surface area contributed by atoms with Crippen molar-refractivity contribution >= 4 is 5.91 Å². The molecule has 0 bridgehead atoms. The predicted molar refractivity (Wildman–Crippen MR) is 69.8 cm³/mol. The van der Waals surface area contributed by atoms with E-state index in [1.807, 2.05) is 6.92 Å². The van der Waals surface area contributed by atoms with E-state index in [0.29, 0.717) is 19.4 Å². The number of rotatable bonds is 5. The smallest absolute Gasteiger partial charge is 0.240 e. The number of methoxy groups -OCH3 is 1. The number of ether oxygens (including phenoxy) is 1. The van der Waals surface area contributed by atoms with Crippen LogP contribution in [0.3, 0.4) is 0 Å². The van der Waals surface area contributed by atoms with Crippen molar-refractivity contribution in [3.63, 3.8) is 0 Å². The molecule has 0 aromatic carbocycles. The fraction of sp³-hybridized carbons (Fsp3) is 0.857. The van der Waals surface area contributed by atoms with E-state index in [-0.39, 0.29) is 11.9 Å². The second-order valence-corrected chi connectivity index (χ2v) is 5.26. The summed E-state index contributed by atoms with van der Waals surface area (Å²) >= 11 is 0. The highest BCUT2D eigenvalue weighted by atomic mass is 16.5. The number of hydrogen-bond acceptors (Lipinski definition) is 3. The highest BCUT2D eigenvalue weighted by Gasteiger charge is 2.39. The molecule has 1 saturated carbocycles. The first-order valence-corrected chi connectivity index (χ1v) is 6.86. The molecule has 1 aliphatic rings. The lowest BCUT2D eigenvalue weighted by atomic mass is 9.80. The van der Waals surface area contributed by atoms with Crippen LogP contribution in [0, 0.1) is 16.7 Å². The van der Waals surface area contributed by atoms with E-state index in [1.54, 1.807) is 7.11 Å². The van der Waals surface area contributed by atoms with E-state index < -0.39 is 5.41 Å². The van der Waals surface area contributed by atoms with Gasteiger partial charge in [0.1, 0.15) is 5.41 Å². The van der Waals surface area contributed by atoms with Gasteiger partial charge in [0.15, 0.2) is 0 Å². The summed E-state index contributed by atoms with van der Waals surface area (Å²) < 4.78 is 4.99. The second-order valence-electron chi connectivity index (χ2n) is 5.26. The summed E-state index contributed by atoms with van der Waals surface area (Å²) in [5.41, 5.74) is -0.794. The fourth-order valence-electron chi connectivity index (χ4n) is 2.45. The van der Waals surface area contributed by atoms with Crippen molar-refractivity contribution in [1.82, 2.24) is 5.32 Å². The molecular weight excluding hydrogens is 228 g/mol. The molecule has 4 heteroatoms. The van der Waals surface area contributed by atoms with Gasteiger partial charge in [-0.15, -0.1) is 0 Å². The first-order valence-electron chi connectivity index (χ1n) is 6.86. The van der Waals surface area contributed by atoms with Crippen molar-refractivity contribution in [2.45, 2.75) is 57.9 Å². The third-order valence-electron chi connectivity index (χ3n) is 3.74. The number of carbonyl (C=O) groups is 1. The van der Waals surface area contributed by atoms with Crippen molar-refractivity contribution in [3.05, 3.63) is 0 Å². The van der Waals surface area contributed by atoms with Crippen LogP contribution in [0.25, 0.3) is 0 Å². The lowest BCUT2D eigenvalue weighted by Gasteiger charge is -2.26. The van der Waals surface area contributed by atoms with Gasteiger partial charge in [0.05, 0.1) is 6.07 Å². The summed E-state index contributed by atoms with van der Waals surface area (Å²) in [7, 11) is 1.65. The Balaban J connectivity index is 2.58. The molecule has 102 valence electrons. The van der Waals surface area contributed by atoms with Crippen LogP contribution in [0.1, 0.15) is 51.9 Å². The molecule has 1 amide bonds. The highest BCUT2D eigenvalue weighted by Crippen LogP contribution is 2.34. The minimum absolute atomic E-state index is 0.0610. The minimum Gasteiger partial charge on any atom is -0.385 e. The van der Waals surface area contributed by atoms with Gasteiger partial charge in [0, 0.05) is 19.8 Å². The van der Waals surface area contributed by atoms with Crippen LogP contribution in [0.5, 0.6) is 0 Å². The lowest BCUT2D eigenvalue weighted by molar-refractivity contribution is -0.129. The summed E-state index contributed by atoms with van der Waals surface area (Å²) in [5, 5.41) is 12.4. The van der Waals surface area contributed by atoms with Crippen LogP contribution in [-0.2, 0) is 9.53 Å². The summed E-state index contributed by atoms with van der Waals surface area (Å²) in [6, 6.07) is 2.34. The van der Waals surface area contributed by atoms with E-state index in [1.165, 1.54) is 0 Å². The molecule has 0 saturated heterocycles. The third kappa shape index (κ3) is 3.99. The maximum atomic E-state index is 12.3. The van der Waals surface area contributed by atoms with Crippen LogP contribution in [0.4, 0.5) is 0 Å². The number of nitrogens with zero attached hydrogens (tertiary/aromatic N) is 1. The number of amides is 1. The Morgan fingerprint density at radius 1 is 1.39 bits per heavy atom. The molecule has 0 aliphatic heterocycles. The van der Waals surface area contributed by atoms with E-state index in [2.05, 4.69) is 11.4 Å². The monoisotopic (exact) mass is 252 g/mol. The van der Waals surface area contributed by atoms with Crippen molar-refractivity contribution in [2.75, 3.05) is 13.7 Å². The third-order valence-corrected chi connectivity index (χ3v) is 3.74. The predicted octanol–water partition coefficient (Wildman–Crippen LogP) is 2.39. The number of nitrogens with one attached hydrogen (secondary N) is 1. The molecule has 18 heavy (non-hydrogen) atoms. The summed E-state index contributed by atoms with van der Waals surface area (Å²) in [5.74, 6) is -0.0875. The average molecular weight is 252 g/mol. The van der Waals surface area contributed by atoms with Gasteiger partial charge >= 0.3 is 0 Å². The van der Waals surface area contributed by atoms with E-state index in [9.17, 15) is 10.1 Å². The van der Waals surface area contributed by atoms with Gasteiger partial charge < -0.3 is 10.1 Å². The van der Waals surface area contributed by atoms with E-state index in [0.717, 1.165) is 32.1 Å². The molecule has 1 aliphatic carbocycles. The van der Waals surface area contributed by atoms with Gasteiger partial charge in [-0.25, -0.2) is 0 Å². The fourth-order valence-corrected chi connectivity index (χ4v) is 2.45. The average Bonchev–Trinajstić information content (AvgIpc) is 2.62. The Hall–Kier alpha value is -1.08. The Labute approximate surface area is 110 Å². The van der Waals surface area contributed by atoms with Crippen molar-refractivity contribution in [3.8, 4) is 6.07 Å². The molecule has 0 radical (unpaired) electrons. The molecule has 0 aromatic heterocycles. The number of carbonyl (C=O) groups excluding carboxylic acids is 1. The molecule has 1 rings (SSSR count). The maximum Gasteiger partial charge on any atom is 0.240 e. The van der Waals surface area contributed by atoms with Gasteiger partial charge in [-0.05, 0) is 26.2 Å². The van der Waals surface area contributed by atoms with Gasteiger partial charge in [0.25, 0.3) is 0 Å². The van der Waals surface area contributed by atoms with Crippen LogP contribution in [-0.4, -0.2) is 25.7 Å². The first kappa shape index (κ1) is 15.0. The molecule has 1 N–H and O–H groups in total. The van der Waals surface area contributed by atoms with E-state index >= 15 is 0 Å². The number of hydrogen-bond donors (Lipinski definition) is 1. The SMILES string of the molecule is COCCC(C)NC(=O)C1(C#N)CCCCCC1. The van der Waals surface area contributed by atoms with Crippen molar-refractivity contribution < 1.29 is 9.53 Å². The first-order chi connectivity index (χ1) is 8.64. The molecule has 4 nitrogen and oxygen atoms in total. The maximum absolute atomic E-state index is 12.3. The van der Waals surface area contributed by atoms with Crippen molar-refractivity contribution in [1.29, 1.82) is 5.26 Å². The summed E-state index contributed by atoms with van der Waals surface area (Å²) in [4.78, 5) is 12.3.